The third-order valence-electron chi connectivity index (χ3n) is 2.45. The zero-order valence-corrected chi connectivity index (χ0v) is 7.63. The second-order valence-corrected chi connectivity index (χ2v) is 3.33. The molecule has 1 rings (SSSR count). The van der Waals surface area contributed by atoms with Gasteiger partial charge < -0.3 is 25.8 Å². The highest BCUT2D eigenvalue weighted by molar-refractivity contribution is 4.91. The second-order valence-electron chi connectivity index (χ2n) is 3.33. The number of nitrogens with two attached hydrogens (primary N) is 1. The minimum Gasteiger partial charge on any atom is -0.388 e. The van der Waals surface area contributed by atoms with Gasteiger partial charge in [-0.15, -0.1) is 0 Å². The van der Waals surface area contributed by atoms with Crippen molar-refractivity contribution in [3.05, 3.63) is 0 Å². The first-order chi connectivity index (χ1) is 6.11. The van der Waals surface area contributed by atoms with E-state index >= 15 is 0 Å². The highest BCUT2D eigenvalue weighted by atomic mass is 16.5. The van der Waals surface area contributed by atoms with E-state index in [1.54, 1.807) is 0 Å². The molecule has 5 heteroatoms. The molecular weight excluding hydrogens is 174 g/mol. The fourth-order valence-electron chi connectivity index (χ4n) is 1.56. The summed E-state index contributed by atoms with van der Waals surface area (Å²) in [4.78, 5) is 0. The first kappa shape index (κ1) is 10.9. The molecule has 1 fully saturated rings. The van der Waals surface area contributed by atoms with Crippen LogP contribution in [-0.4, -0.2) is 52.4 Å². The molecule has 0 saturated carbocycles. The molecule has 0 aliphatic carbocycles. The van der Waals surface area contributed by atoms with Gasteiger partial charge in [-0.2, -0.15) is 0 Å². The van der Waals surface area contributed by atoms with Crippen molar-refractivity contribution >= 4 is 0 Å². The van der Waals surface area contributed by atoms with Gasteiger partial charge in [-0.1, -0.05) is 6.92 Å². The number of ether oxygens (including phenoxy) is 1. The van der Waals surface area contributed by atoms with Gasteiger partial charge in [0.15, 0.2) is 0 Å². The zero-order valence-electron chi connectivity index (χ0n) is 7.63. The summed E-state index contributed by atoms with van der Waals surface area (Å²) in [6.45, 7) is 1.98. The van der Waals surface area contributed by atoms with Crippen molar-refractivity contribution in [3.8, 4) is 0 Å². The molecule has 1 unspecified atom stereocenters. The Morgan fingerprint density at radius 1 is 1.08 bits per heavy atom. The van der Waals surface area contributed by atoms with E-state index in [1.807, 2.05) is 6.92 Å². The number of rotatable bonds is 2. The van der Waals surface area contributed by atoms with Crippen LogP contribution in [-0.2, 0) is 4.74 Å². The van der Waals surface area contributed by atoms with E-state index in [0.29, 0.717) is 6.42 Å². The van der Waals surface area contributed by atoms with Gasteiger partial charge in [-0.05, 0) is 6.42 Å². The number of hydrogen-bond acceptors (Lipinski definition) is 5. The normalized spacial score (nSPS) is 46.4. The Balaban J connectivity index is 2.66. The average Bonchev–Trinajstić information content (AvgIpc) is 2.15. The summed E-state index contributed by atoms with van der Waals surface area (Å²) in [6.07, 6.45) is -3.71. The van der Waals surface area contributed by atoms with Gasteiger partial charge in [0.25, 0.3) is 0 Å². The molecule has 5 atom stereocenters. The van der Waals surface area contributed by atoms with Crippen LogP contribution in [0.4, 0.5) is 0 Å². The second kappa shape index (κ2) is 4.34. The van der Waals surface area contributed by atoms with Gasteiger partial charge in [0.2, 0.25) is 0 Å². The lowest BCUT2D eigenvalue weighted by molar-refractivity contribution is -0.219. The first-order valence-electron chi connectivity index (χ1n) is 4.51. The fourth-order valence-corrected chi connectivity index (χ4v) is 1.56. The van der Waals surface area contributed by atoms with Crippen molar-refractivity contribution in [2.45, 2.75) is 43.9 Å². The predicted octanol–water partition coefficient (Wildman–Crippen LogP) is -1.79. The minimum absolute atomic E-state index is 0.140. The Morgan fingerprint density at radius 3 is 2.08 bits per heavy atom. The summed E-state index contributed by atoms with van der Waals surface area (Å²) >= 11 is 0. The Labute approximate surface area is 77.1 Å². The van der Waals surface area contributed by atoms with Crippen LogP contribution in [0.3, 0.4) is 0 Å². The fraction of sp³-hybridized carbons (Fsp3) is 1.00. The number of aliphatic hydroxyl groups is 3. The molecule has 1 saturated heterocycles. The van der Waals surface area contributed by atoms with Crippen LogP contribution in [0.25, 0.3) is 0 Å². The third kappa shape index (κ3) is 2.00. The summed E-state index contributed by atoms with van der Waals surface area (Å²) in [5, 5.41) is 28.3. The lowest BCUT2D eigenvalue weighted by Gasteiger charge is -2.40. The molecule has 5 N–H and O–H groups in total. The lowest BCUT2D eigenvalue weighted by atomic mass is 9.94. The molecule has 1 aliphatic heterocycles. The number of aliphatic hydroxyl groups excluding tert-OH is 3. The van der Waals surface area contributed by atoms with Crippen LogP contribution < -0.4 is 5.73 Å². The van der Waals surface area contributed by atoms with Crippen molar-refractivity contribution in [1.29, 1.82) is 0 Å². The van der Waals surface area contributed by atoms with Crippen LogP contribution >= 0.6 is 0 Å². The van der Waals surface area contributed by atoms with Crippen molar-refractivity contribution in [2.75, 3.05) is 6.54 Å². The van der Waals surface area contributed by atoms with Crippen LogP contribution in [0.5, 0.6) is 0 Å². The lowest BCUT2D eigenvalue weighted by Crippen LogP contribution is -2.59. The van der Waals surface area contributed by atoms with Crippen LogP contribution in [0.1, 0.15) is 13.3 Å². The molecule has 0 radical (unpaired) electrons. The van der Waals surface area contributed by atoms with Crippen molar-refractivity contribution in [2.24, 2.45) is 5.73 Å². The topological polar surface area (TPSA) is 95.9 Å². The molecule has 0 aromatic carbocycles. The van der Waals surface area contributed by atoms with Crippen molar-refractivity contribution in [3.63, 3.8) is 0 Å². The predicted molar refractivity (Wildman–Crippen MR) is 46.0 cm³/mol. The van der Waals surface area contributed by atoms with Gasteiger partial charge in [0.1, 0.15) is 18.3 Å². The van der Waals surface area contributed by atoms with Gasteiger partial charge in [-0.25, -0.2) is 0 Å². The van der Waals surface area contributed by atoms with Crippen LogP contribution in [0, 0.1) is 0 Å². The van der Waals surface area contributed by atoms with Gasteiger partial charge in [0, 0.05) is 6.54 Å². The molecule has 78 valence electrons. The Hall–Kier alpha value is -0.200. The largest absolute Gasteiger partial charge is 0.388 e. The molecule has 0 bridgehead atoms. The Bertz CT molecular complexity index is 146. The average molecular weight is 191 g/mol. The molecule has 5 nitrogen and oxygen atoms in total. The number of hydrogen-bond donors (Lipinski definition) is 4. The smallest absolute Gasteiger partial charge is 0.111 e. The van der Waals surface area contributed by atoms with E-state index < -0.39 is 30.5 Å². The highest BCUT2D eigenvalue weighted by Crippen LogP contribution is 2.22. The molecule has 0 spiro atoms. The summed E-state index contributed by atoms with van der Waals surface area (Å²) in [7, 11) is 0. The summed E-state index contributed by atoms with van der Waals surface area (Å²) in [5.74, 6) is 0. The van der Waals surface area contributed by atoms with Crippen molar-refractivity contribution in [1.82, 2.24) is 0 Å². The molecule has 13 heavy (non-hydrogen) atoms. The van der Waals surface area contributed by atoms with E-state index in [4.69, 9.17) is 10.5 Å². The third-order valence-corrected chi connectivity index (χ3v) is 2.45. The Morgan fingerprint density at radius 2 is 1.62 bits per heavy atom. The molecule has 1 aliphatic rings. The van der Waals surface area contributed by atoms with Crippen LogP contribution in [0.15, 0.2) is 0 Å². The van der Waals surface area contributed by atoms with E-state index in [9.17, 15) is 15.3 Å². The maximum Gasteiger partial charge on any atom is 0.111 e. The van der Waals surface area contributed by atoms with Crippen LogP contribution in [0.2, 0.25) is 0 Å². The maximum atomic E-state index is 9.45. The van der Waals surface area contributed by atoms with E-state index in [2.05, 4.69) is 0 Å². The molecular formula is C8H17NO4. The summed E-state index contributed by atoms with van der Waals surface area (Å²) in [6, 6.07) is 0. The van der Waals surface area contributed by atoms with E-state index in [1.165, 1.54) is 0 Å². The van der Waals surface area contributed by atoms with Gasteiger partial charge in [-0.3, -0.25) is 0 Å². The van der Waals surface area contributed by atoms with Gasteiger partial charge in [0.05, 0.1) is 12.2 Å². The standard InChI is InChI=1S/C8H17NO4/c1-2-4-6(10)8(12)7(11)5(3-9)13-4/h4-8,10-12H,2-3,9H2,1H3/t4?,5-,6-,7-,8-/m1/s1. The van der Waals surface area contributed by atoms with Gasteiger partial charge >= 0.3 is 0 Å². The van der Waals surface area contributed by atoms with Crippen molar-refractivity contribution < 1.29 is 20.1 Å². The zero-order chi connectivity index (χ0) is 10.0. The molecule has 0 aromatic heterocycles. The molecule has 0 aromatic rings. The Kier molecular flexibility index (Phi) is 3.63. The summed E-state index contributed by atoms with van der Waals surface area (Å²) < 4.78 is 5.29. The SMILES string of the molecule is CCC1O[C@H](CN)[C@@H](O)[C@H](O)[C@@H]1O. The monoisotopic (exact) mass is 191 g/mol. The maximum absolute atomic E-state index is 9.45. The van der Waals surface area contributed by atoms with E-state index in [-0.39, 0.29) is 6.54 Å². The minimum atomic E-state index is -1.16. The quantitative estimate of drug-likeness (QED) is 0.413. The molecule has 1 heterocycles. The highest BCUT2D eigenvalue weighted by Gasteiger charge is 2.41. The summed E-state index contributed by atoms with van der Waals surface area (Å²) in [5.41, 5.74) is 5.34. The van der Waals surface area contributed by atoms with E-state index in [0.717, 1.165) is 0 Å². The first-order valence-corrected chi connectivity index (χ1v) is 4.51. The molecule has 0 amide bonds.